The van der Waals surface area contributed by atoms with Crippen LogP contribution in [-0.2, 0) is 39.6 Å². The van der Waals surface area contributed by atoms with Crippen LogP contribution in [0.3, 0.4) is 0 Å². The van der Waals surface area contributed by atoms with E-state index in [2.05, 4.69) is 4.18 Å². The highest BCUT2D eigenvalue weighted by molar-refractivity contribution is 7.90. The summed E-state index contributed by atoms with van der Waals surface area (Å²) < 4.78 is 99.6. The molecule has 0 amide bonds. The van der Waals surface area contributed by atoms with Crippen LogP contribution in [0.4, 0.5) is 0 Å². The number of hydrogen-bond acceptors (Lipinski definition) is 11. The first-order chi connectivity index (χ1) is 10.2. The van der Waals surface area contributed by atoms with Gasteiger partial charge in [0.15, 0.2) is 0 Å². The van der Waals surface area contributed by atoms with Crippen LogP contribution < -0.4 is 0 Å². The van der Waals surface area contributed by atoms with E-state index in [1.54, 1.807) is 6.92 Å². The zero-order valence-corrected chi connectivity index (χ0v) is 15.1. The highest BCUT2D eigenvalue weighted by Crippen LogP contribution is 2.05. The Morgan fingerprint density at radius 3 is 1.57 bits per heavy atom. The van der Waals surface area contributed by atoms with Gasteiger partial charge in [-0.2, -0.15) is 0 Å². The molecule has 2 unspecified atom stereocenters. The van der Waals surface area contributed by atoms with Crippen LogP contribution in [0, 0.1) is 0 Å². The molecule has 0 aromatic rings. The normalized spacial score (nSPS) is 15.4. The highest BCUT2D eigenvalue weighted by atomic mass is 32.3. The quantitative estimate of drug-likeness (QED) is 0.332. The van der Waals surface area contributed by atoms with Crippen LogP contribution in [0.25, 0.3) is 0 Å². The molecule has 0 aliphatic rings. The lowest BCUT2D eigenvalue weighted by Gasteiger charge is -2.19. The topological polar surface area (TPSA) is 190 Å². The van der Waals surface area contributed by atoms with Gasteiger partial charge in [0.2, 0.25) is 10.4 Å². The van der Waals surface area contributed by atoms with E-state index < -0.39 is 41.6 Å². The van der Waals surface area contributed by atoms with Crippen LogP contribution in [-0.4, -0.2) is 69.7 Å². The maximum atomic E-state index is 10.3. The molecular formula is C9H19O11S3-3. The van der Waals surface area contributed by atoms with Crippen molar-refractivity contribution in [2.24, 2.45) is 0 Å². The highest BCUT2D eigenvalue weighted by Gasteiger charge is 2.16. The van der Waals surface area contributed by atoms with E-state index in [4.69, 9.17) is 4.74 Å². The maximum absolute atomic E-state index is 10.3. The van der Waals surface area contributed by atoms with Crippen molar-refractivity contribution in [3.63, 3.8) is 0 Å². The van der Waals surface area contributed by atoms with Crippen molar-refractivity contribution in [3.8, 4) is 0 Å². The van der Waals surface area contributed by atoms with Gasteiger partial charge in [-0.25, -0.2) is 25.3 Å². The molecule has 0 saturated heterocycles. The molecule has 0 aromatic heterocycles. The van der Waals surface area contributed by atoms with Crippen molar-refractivity contribution >= 4 is 30.6 Å². The van der Waals surface area contributed by atoms with Crippen LogP contribution in [0.5, 0.6) is 0 Å². The molecule has 0 N–H and O–H groups in total. The lowest BCUT2D eigenvalue weighted by atomic mass is 10.3. The lowest BCUT2D eigenvalue weighted by Crippen LogP contribution is -2.28. The van der Waals surface area contributed by atoms with E-state index in [-0.39, 0.29) is 19.1 Å². The van der Waals surface area contributed by atoms with E-state index in [1.165, 1.54) is 14.0 Å². The first kappa shape index (κ1) is 24.9. The Kier molecular flexibility index (Phi) is 11.4. The van der Waals surface area contributed by atoms with Crippen molar-refractivity contribution in [1.82, 2.24) is 0 Å². The molecule has 0 bridgehead atoms. The average molecular weight is 399 g/mol. The lowest BCUT2D eigenvalue weighted by molar-refractivity contribution is 0.0530. The van der Waals surface area contributed by atoms with Gasteiger partial charge in [-0.3, -0.25) is 4.18 Å². The molecule has 0 spiro atoms. The first-order valence-electron chi connectivity index (χ1n) is 6.17. The molecular weight excluding hydrogens is 380 g/mol. The van der Waals surface area contributed by atoms with Crippen molar-refractivity contribution < 1.29 is 47.8 Å². The fourth-order valence-corrected chi connectivity index (χ4v) is 3.73. The second kappa shape index (κ2) is 10.5. The minimum Gasteiger partial charge on any atom is -0.748 e. The van der Waals surface area contributed by atoms with Crippen LogP contribution >= 0.6 is 0 Å². The molecule has 0 aliphatic heterocycles. The fraction of sp³-hybridized carbons (Fsp3) is 1.00. The standard InChI is InChI=1S/C5H12O5S.C4H10O6S2/c1-3-5(9-2)4-10-11(6,7)8;1-2-4(12(8,9)10)3-11(5,6)7/h5H,3-4H2,1-2H3,(H,6,7,8);4H,2-3H2,1H3,(H,5,6,7)(H,8,9,10)/p-3. The summed E-state index contributed by atoms with van der Waals surface area (Å²) >= 11 is 0. The van der Waals surface area contributed by atoms with Gasteiger partial charge in [0.25, 0.3) is 0 Å². The second-order valence-corrected chi connectivity index (χ2v) is 8.36. The molecule has 2 atom stereocenters. The summed E-state index contributed by atoms with van der Waals surface area (Å²) in [5, 5.41) is -1.63. The van der Waals surface area contributed by atoms with Crippen LogP contribution in [0.15, 0.2) is 0 Å². The average Bonchev–Trinajstić information content (AvgIpc) is 2.34. The van der Waals surface area contributed by atoms with E-state index in [1.807, 2.05) is 0 Å². The number of hydrogen-bond donors (Lipinski definition) is 0. The number of rotatable bonds is 9. The Hall–Kier alpha value is -0.350. The Labute approximate surface area is 136 Å². The smallest absolute Gasteiger partial charge is 0.217 e. The predicted molar refractivity (Wildman–Crippen MR) is 75.1 cm³/mol. The van der Waals surface area contributed by atoms with Gasteiger partial charge in [-0.1, -0.05) is 13.8 Å². The summed E-state index contributed by atoms with van der Waals surface area (Å²) in [6.07, 6.45) is 0.0954. The zero-order valence-electron chi connectivity index (χ0n) is 12.7. The summed E-state index contributed by atoms with van der Waals surface area (Å²) in [6.45, 7) is 2.92. The Morgan fingerprint density at radius 2 is 1.39 bits per heavy atom. The summed E-state index contributed by atoms with van der Waals surface area (Å²) in [6, 6.07) is 0. The zero-order chi connectivity index (χ0) is 18.9. The summed E-state index contributed by atoms with van der Waals surface area (Å²) in [5.41, 5.74) is 0. The summed E-state index contributed by atoms with van der Waals surface area (Å²) in [4.78, 5) is 0. The molecule has 14 heteroatoms. The van der Waals surface area contributed by atoms with Gasteiger partial charge in [-0.15, -0.1) is 0 Å². The summed E-state index contributed by atoms with van der Waals surface area (Å²) in [7, 11) is -12.5. The first-order valence-corrected chi connectivity index (χ1v) is 10.6. The predicted octanol–water partition coefficient (Wildman–Crippen LogP) is -1.26. The van der Waals surface area contributed by atoms with Crippen LogP contribution in [0.1, 0.15) is 26.7 Å². The third-order valence-electron chi connectivity index (χ3n) is 2.44. The monoisotopic (exact) mass is 399 g/mol. The van der Waals surface area contributed by atoms with Crippen LogP contribution in [0.2, 0.25) is 0 Å². The van der Waals surface area contributed by atoms with E-state index in [9.17, 15) is 38.9 Å². The van der Waals surface area contributed by atoms with E-state index in [0.717, 1.165) is 0 Å². The van der Waals surface area contributed by atoms with E-state index in [0.29, 0.717) is 6.42 Å². The molecule has 0 radical (unpaired) electrons. The van der Waals surface area contributed by atoms with Gasteiger partial charge < -0.3 is 18.4 Å². The minimum atomic E-state index is -4.68. The second-order valence-electron chi connectivity index (χ2n) is 4.21. The Bertz CT molecular complexity index is 616. The fourth-order valence-electron chi connectivity index (χ4n) is 1.14. The van der Waals surface area contributed by atoms with Crippen molar-refractivity contribution in [2.75, 3.05) is 19.5 Å². The Balaban J connectivity index is 0. The Morgan fingerprint density at radius 1 is 0.913 bits per heavy atom. The molecule has 11 nitrogen and oxygen atoms in total. The third-order valence-corrected chi connectivity index (χ3v) is 5.20. The molecule has 0 rings (SSSR count). The molecule has 0 aromatic carbocycles. The van der Waals surface area contributed by atoms with Gasteiger partial charge in [0.05, 0.1) is 43.9 Å². The number of methoxy groups -OCH3 is 1. The largest absolute Gasteiger partial charge is 0.748 e. The molecule has 0 heterocycles. The SMILES string of the molecule is CCC(COS(=O)(=O)[O-])OC.CCC(CS(=O)(=O)[O-])S(=O)(=O)[O-]. The van der Waals surface area contributed by atoms with Gasteiger partial charge in [-0.05, 0) is 12.8 Å². The number of ether oxygens (including phenoxy) is 1. The van der Waals surface area contributed by atoms with Crippen molar-refractivity contribution in [3.05, 3.63) is 0 Å². The van der Waals surface area contributed by atoms with Gasteiger partial charge in [0, 0.05) is 7.11 Å². The van der Waals surface area contributed by atoms with Crippen molar-refractivity contribution in [2.45, 2.75) is 38.0 Å². The molecule has 142 valence electrons. The maximum Gasteiger partial charge on any atom is 0.217 e. The molecule has 23 heavy (non-hydrogen) atoms. The minimum absolute atomic E-state index is 0.173. The molecule has 0 saturated carbocycles. The molecule has 0 aliphatic carbocycles. The third kappa shape index (κ3) is 16.3. The van der Waals surface area contributed by atoms with Gasteiger partial charge >= 0.3 is 0 Å². The van der Waals surface area contributed by atoms with E-state index >= 15 is 0 Å². The van der Waals surface area contributed by atoms with Crippen molar-refractivity contribution in [1.29, 1.82) is 0 Å². The molecule has 0 fully saturated rings. The summed E-state index contributed by atoms with van der Waals surface area (Å²) in [5.74, 6) is -1.14. The van der Waals surface area contributed by atoms with Gasteiger partial charge in [0.1, 0.15) is 0 Å².